The van der Waals surface area contributed by atoms with Crippen LogP contribution in [-0.2, 0) is 4.74 Å². The van der Waals surface area contributed by atoms with Crippen LogP contribution in [-0.4, -0.2) is 23.3 Å². The second kappa shape index (κ2) is 7.20. The molecule has 0 N–H and O–H groups in total. The first-order valence-corrected chi connectivity index (χ1v) is 8.82. The van der Waals surface area contributed by atoms with Gasteiger partial charge in [0, 0.05) is 5.56 Å². The van der Waals surface area contributed by atoms with Crippen LogP contribution in [0.3, 0.4) is 0 Å². The van der Waals surface area contributed by atoms with Crippen LogP contribution in [0.1, 0.15) is 25.7 Å². The summed E-state index contributed by atoms with van der Waals surface area (Å²) in [6.45, 7) is 1.12. The molecule has 0 bridgehead atoms. The lowest BCUT2D eigenvalue weighted by atomic mass is 10.1. The van der Waals surface area contributed by atoms with E-state index < -0.39 is 30.0 Å². The number of benzene rings is 1. The number of ketones is 1. The van der Waals surface area contributed by atoms with Crippen LogP contribution in [0.15, 0.2) is 35.7 Å². The lowest BCUT2D eigenvalue weighted by molar-refractivity contribution is 0.0478. The van der Waals surface area contributed by atoms with Crippen molar-refractivity contribution < 1.29 is 23.1 Å². The highest BCUT2D eigenvalue weighted by atomic mass is 32.1. The first-order chi connectivity index (χ1) is 12.0. The van der Waals surface area contributed by atoms with Crippen molar-refractivity contribution in [3.05, 3.63) is 63.5 Å². The summed E-state index contributed by atoms with van der Waals surface area (Å²) in [6, 6.07) is 6.55. The van der Waals surface area contributed by atoms with Gasteiger partial charge in [0.05, 0.1) is 10.6 Å². The molecule has 0 saturated heterocycles. The van der Waals surface area contributed by atoms with E-state index in [2.05, 4.69) is 4.98 Å². The van der Waals surface area contributed by atoms with Crippen LogP contribution in [0, 0.1) is 18.6 Å². The maximum atomic E-state index is 13.2. The summed E-state index contributed by atoms with van der Waals surface area (Å²) in [6.07, 6.45) is 0. The van der Waals surface area contributed by atoms with E-state index in [4.69, 9.17) is 4.74 Å². The van der Waals surface area contributed by atoms with Gasteiger partial charge in [-0.05, 0) is 36.6 Å². The maximum absolute atomic E-state index is 13.2. The van der Waals surface area contributed by atoms with Crippen molar-refractivity contribution >= 4 is 34.4 Å². The van der Waals surface area contributed by atoms with Crippen molar-refractivity contribution in [3.63, 3.8) is 0 Å². The summed E-state index contributed by atoms with van der Waals surface area (Å²) in [7, 11) is 0. The molecule has 3 rings (SSSR count). The van der Waals surface area contributed by atoms with Crippen molar-refractivity contribution in [2.45, 2.75) is 6.92 Å². The number of carbonyl (C=O) groups is 2. The first-order valence-electron chi connectivity index (χ1n) is 7.12. The van der Waals surface area contributed by atoms with Crippen LogP contribution in [0.4, 0.5) is 8.78 Å². The number of hydrogen-bond acceptors (Lipinski definition) is 6. The zero-order chi connectivity index (χ0) is 18.0. The van der Waals surface area contributed by atoms with E-state index in [0.717, 1.165) is 23.1 Å². The number of Topliss-reactive ketones (excluding diaryl/α,β-unsaturated/α-hetero) is 1. The van der Waals surface area contributed by atoms with Gasteiger partial charge in [-0.2, -0.15) is 0 Å². The highest BCUT2D eigenvalue weighted by Crippen LogP contribution is 2.31. The Labute approximate surface area is 149 Å². The van der Waals surface area contributed by atoms with E-state index in [1.807, 2.05) is 17.5 Å². The quantitative estimate of drug-likeness (QED) is 0.484. The number of ether oxygens (including phenoxy) is 1. The molecule has 2 aromatic heterocycles. The predicted molar refractivity (Wildman–Crippen MR) is 91.1 cm³/mol. The number of aromatic nitrogens is 1. The zero-order valence-corrected chi connectivity index (χ0v) is 14.5. The summed E-state index contributed by atoms with van der Waals surface area (Å²) < 4.78 is 31.0. The molecular formula is C17H11F2NO3S2. The number of esters is 1. The highest BCUT2D eigenvalue weighted by molar-refractivity contribution is 7.22. The zero-order valence-electron chi connectivity index (χ0n) is 12.9. The Kier molecular flexibility index (Phi) is 5.00. The number of aryl methyl sites for hydroxylation is 1. The van der Waals surface area contributed by atoms with Crippen molar-refractivity contribution in [1.82, 2.24) is 4.98 Å². The Bertz CT molecular complexity index is 936. The lowest BCUT2D eigenvalue weighted by Crippen LogP contribution is -2.14. The van der Waals surface area contributed by atoms with Crippen molar-refractivity contribution in [1.29, 1.82) is 0 Å². The molecule has 0 spiro atoms. The topological polar surface area (TPSA) is 56.3 Å². The fourth-order valence-corrected chi connectivity index (χ4v) is 3.80. The smallest absolute Gasteiger partial charge is 0.350 e. The summed E-state index contributed by atoms with van der Waals surface area (Å²) in [5, 5.41) is 2.61. The molecule has 128 valence electrons. The minimum Gasteiger partial charge on any atom is -0.453 e. The Morgan fingerprint density at radius 2 is 2.00 bits per heavy atom. The van der Waals surface area contributed by atoms with Crippen molar-refractivity contribution in [2.75, 3.05) is 6.61 Å². The SMILES string of the molecule is Cc1nc(-c2cccs2)sc1C(=O)OCC(=O)c1ccc(F)c(F)c1. The van der Waals surface area contributed by atoms with Gasteiger partial charge in [0.1, 0.15) is 9.88 Å². The normalized spacial score (nSPS) is 10.7. The van der Waals surface area contributed by atoms with Crippen LogP contribution in [0.5, 0.6) is 0 Å². The van der Waals surface area contributed by atoms with Crippen LogP contribution < -0.4 is 0 Å². The van der Waals surface area contributed by atoms with Gasteiger partial charge in [-0.15, -0.1) is 22.7 Å². The fraction of sp³-hybridized carbons (Fsp3) is 0.118. The molecule has 1 aromatic carbocycles. The summed E-state index contributed by atoms with van der Waals surface area (Å²) in [5.74, 6) is -3.47. The molecule has 0 fully saturated rings. The average molecular weight is 379 g/mol. The van der Waals surface area contributed by atoms with Gasteiger partial charge in [0.15, 0.2) is 24.0 Å². The third-order valence-corrected chi connectivity index (χ3v) is 5.47. The Morgan fingerprint density at radius 1 is 1.20 bits per heavy atom. The third kappa shape index (κ3) is 3.80. The minimum atomic E-state index is -1.13. The summed E-state index contributed by atoms with van der Waals surface area (Å²) in [4.78, 5) is 29.7. The average Bonchev–Trinajstić information content (AvgIpc) is 3.24. The van der Waals surface area contributed by atoms with E-state index >= 15 is 0 Å². The molecule has 0 atom stereocenters. The Balaban J connectivity index is 1.68. The largest absolute Gasteiger partial charge is 0.453 e. The number of halogens is 2. The predicted octanol–water partition coefficient (Wildman–Crippen LogP) is 4.50. The standard InChI is InChI=1S/C17H11F2NO3S2/c1-9-15(25-16(20-9)14-3-2-6-24-14)17(22)23-8-13(21)10-4-5-11(18)12(19)7-10/h2-7H,8H2,1H3. The number of thiophene rings is 1. The van der Waals surface area contributed by atoms with E-state index in [9.17, 15) is 18.4 Å². The second-order valence-electron chi connectivity index (χ2n) is 5.04. The highest BCUT2D eigenvalue weighted by Gasteiger charge is 2.19. The number of thiazole rings is 1. The Hall–Kier alpha value is -2.45. The molecule has 2 heterocycles. The summed E-state index contributed by atoms with van der Waals surface area (Å²) in [5.41, 5.74) is 0.450. The number of carbonyl (C=O) groups excluding carboxylic acids is 2. The lowest BCUT2D eigenvalue weighted by Gasteiger charge is -2.04. The van der Waals surface area contributed by atoms with Gasteiger partial charge in [0.25, 0.3) is 0 Å². The fourth-order valence-electron chi connectivity index (χ4n) is 2.04. The Morgan fingerprint density at radius 3 is 2.68 bits per heavy atom. The molecular weight excluding hydrogens is 368 g/mol. The molecule has 0 aliphatic carbocycles. The van der Waals surface area contributed by atoms with Crippen molar-refractivity contribution in [3.8, 4) is 9.88 Å². The van der Waals surface area contributed by atoms with Crippen LogP contribution >= 0.6 is 22.7 Å². The van der Waals surface area contributed by atoms with Gasteiger partial charge >= 0.3 is 5.97 Å². The molecule has 0 amide bonds. The van der Waals surface area contributed by atoms with Crippen LogP contribution in [0.2, 0.25) is 0 Å². The molecule has 0 aliphatic rings. The maximum Gasteiger partial charge on any atom is 0.350 e. The van der Waals surface area contributed by atoms with Gasteiger partial charge in [-0.1, -0.05) is 6.07 Å². The number of rotatable bonds is 5. The molecule has 8 heteroatoms. The van der Waals surface area contributed by atoms with E-state index in [-0.39, 0.29) is 5.56 Å². The molecule has 0 unspecified atom stereocenters. The first kappa shape index (κ1) is 17.4. The minimum absolute atomic E-state index is 0.0630. The van der Waals surface area contributed by atoms with Gasteiger partial charge in [-0.3, -0.25) is 4.79 Å². The van der Waals surface area contributed by atoms with Gasteiger partial charge < -0.3 is 4.74 Å². The number of nitrogens with zero attached hydrogens (tertiary/aromatic N) is 1. The van der Waals surface area contributed by atoms with E-state index in [0.29, 0.717) is 15.6 Å². The van der Waals surface area contributed by atoms with E-state index in [1.54, 1.807) is 6.92 Å². The van der Waals surface area contributed by atoms with E-state index in [1.165, 1.54) is 22.7 Å². The van der Waals surface area contributed by atoms with Gasteiger partial charge in [0.2, 0.25) is 0 Å². The second-order valence-corrected chi connectivity index (χ2v) is 6.99. The molecule has 25 heavy (non-hydrogen) atoms. The molecule has 0 aliphatic heterocycles. The monoisotopic (exact) mass is 379 g/mol. The van der Waals surface area contributed by atoms with Crippen molar-refractivity contribution in [2.24, 2.45) is 0 Å². The molecule has 4 nitrogen and oxygen atoms in total. The summed E-state index contributed by atoms with van der Waals surface area (Å²) >= 11 is 2.68. The number of hydrogen-bond donors (Lipinski definition) is 0. The molecule has 0 radical (unpaired) electrons. The van der Waals surface area contributed by atoms with Crippen LogP contribution in [0.25, 0.3) is 9.88 Å². The van der Waals surface area contributed by atoms with Gasteiger partial charge in [-0.25, -0.2) is 18.6 Å². The molecule has 0 saturated carbocycles. The molecule has 3 aromatic rings. The third-order valence-electron chi connectivity index (χ3n) is 3.29.